The lowest BCUT2D eigenvalue weighted by molar-refractivity contribution is -0.0213. The Bertz CT molecular complexity index is 787. The van der Waals surface area contributed by atoms with Gasteiger partial charge in [-0.25, -0.2) is 4.39 Å². The number of aliphatic hydroxyl groups is 2. The molecule has 4 rings (SSSR count). The number of hydrogen-bond acceptors (Lipinski definition) is 7. The van der Waals surface area contributed by atoms with Crippen molar-refractivity contribution in [1.82, 2.24) is 15.2 Å². The summed E-state index contributed by atoms with van der Waals surface area (Å²) in [7, 11) is 0. The molecule has 7 nitrogen and oxygen atoms in total. The van der Waals surface area contributed by atoms with E-state index in [1.165, 1.54) is 12.1 Å². The number of nitrogens with zero attached hydrogens (tertiary/aromatic N) is 3. The third kappa shape index (κ3) is 4.79. The summed E-state index contributed by atoms with van der Waals surface area (Å²) in [6, 6.07) is 12.2. The minimum atomic E-state index is -0.742. The number of piperazine rings is 1. The van der Waals surface area contributed by atoms with Crippen LogP contribution in [0.1, 0.15) is 5.69 Å². The zero-order valence-corrected chi connectivity index (χ0v) is 16.9. The van der Waals surface area contributed by atoms with Crippen molar-refractivity contribution >= 4 is 5.69 Å². The molecule has 2 aromatic rings. The van der Waals surface area contributed by atoms with Gasteiger partial charge in [0.1, 0.15) is 18.0 Å². The highest BCUT2D eigenvalue weighted by Gasteiger charge is 2.46. The summed E-state index contributed by atoms with van der Waals surface area (Å²) < 4.78 is 19.2. The lowest BCUT2D eigenvalue weighted by Crippen LogP contribution is -2.57. The molecule has 162 valence electrons. The number of halogens is 1. The average Bonchev–Trinajstić information content (AvgIpc) is 3.10. The monoisotopic (exact) mass is 416 g/mol. The number of aromatic nitrogens is 1. The average molecular weight is 416 g/mol. The Balaban J connectivity index is 1.35. The first-order chi connectivity index (χ1) is 14.7. The van der Waals surface area contributed by atoms with Crippen molar-refractivity contribution in [2.24, 2.45) is 0 Å². The lowest BCUT2D eigenvalue weighted by atomic mass is 10.0. The van der Waals surface area contributed by atoms with Gasteiger partial charge in [-0.3, -0.25) is 9.88 Å². The van der Waals surface area contributed by atoms with Crippen LogP contribution in [0.4, 0.5) is 10.1 Å². The Morgan fingerprint density at radius 2 is 1.83 bits per heavy atom. The van der Waals surface area contributed by atoms with Crippen LogP contribution in [0.15, 0.2) is 48.7 Å². The second kappa shape index (κ2) is 9.80. The Hall–Kier alpha value is -2.10. The smallest absolute Gasteiger partial charge is 0.123 e. The van der Waals surface area contributed by atoms with Gasteiger partial charge in [-0.15, -0.1) is 0 Å². The third-order valence-electron chi connectivity index (χ3n) is 5.95. The minimum absolute atomic E-state index is 0.186. The molecular weight excluding hydrogens is 387 g/mol. The number of benzene rings is 1. The highest BCUT2D eigenvalue weighted by molar-refractivity contribution is 5.46. The van der Waals surface area contributed by atoms with Crippen LogP contribution in [0.25, 0.3) is 0 Å². The van der Waals surface area contributed by atoms with Crippen molar-refractivity contribution in [2.75, 3.05) is 44.2 Å². The maximum atomic E-state index is 13.2. The van der Waals surface area contributed by atoms with Crippen molar-refractivity contribution in [3.05, 3.63) is 60.2 Å². The number of aliphatic hydroxyl groups excluding tert-OH is 2. The van der Waals surface area contributed by atoms with E-state index in [0.29, 0.717) is 13.1 Å². The first-order valence-corrected chi connectivity index (χ1v) is 10.5. The standard InChI is InChI=1S/C22H29FN4O3/c23-16-4-6-18(7-5-16)26-9-11-27(12-10-26)21-19(30-20(15-28)22(21)29)14-24-13-17-3-1-2-8-25-17/h1-8,19-22,24,28-29H,9-15H2. The van der Waals surface area contributed by atoms with E-state index < -0.39 is 12.2 Å². The molecule has 2 fully saturated rings. The molecule has 4 unspecified atom stereocenters. The SMILES string of the molecule is OCC1OC(CNCc2ccccn2)C(N2CCN(c3ccc(F)cc3)CC2)C1O. The van der Waals surface area contributed by atoms with E-state index >= 15 is 0 Å². The highest BCUT2D eigenvalue weighted by atomic mass is 19.1. The van der Waals surface area contributed by atoms with Crippen molar-refractivity contribution in [3.63, 3.8) is 0 Å². The molecule has 0 amide bonds. The summed E-state index contributed by atoms with van der Waals surface area (Å²) in [5, 5.41) is 23.8. The first-order valence-electron chi connectivity index (χ1n) is 10.5. The Kier molecular flexibility index (Phi) is 6.91. The van der Waals surface area contributed by atoms with Gasteiger partial charge in [0.25, 0.3) is 0 Å². The molecule has 8 heteroatoms. The summed E-state index contributed by atoms with van der Waals surface area (Å²) in [6.07, 6.45) is 0.219. The van der Waals surface area contributed by atoms with Gasteiger partial charge in [0.15, 0.2) is 0 Å². The Labute approximate surface area is 176 Å². The molecule has 0 radical (unpaired) electrons. The summed E-state index contributed by atoms with van der Waals surface area (Å²) in [6.45, 7) is 4.07. The van der Waals surface area contributed by atoms with Crippen molar-refractivity contribution in [2.45, 2.75) is 30.9 Å². The maximum absolute atomic E-state index is 13.2. The van der Waals surface area contributed by atoms with E-state index in [2.05, 4.69) is 20.1 Å². The summed E-state index contributed by atoms with van der Waals surface area (Å²) in [5.41, 5.74) is 1.94. The first kappa shape index (κ1) is 21.1. The van der Waals surface area contributed by atoms with Gasteiger partial charge >= 0.3 is 0 Å². The van der Waals surface area contributed by atoms with E-state index in [4.69, 9.17) is 4.74 Å². The molecule has 4 atom stereocenters. The molecule has 0 saturated carbocycles. The molecule has 30 heavy (non-hydrogen) atoms. The topological polar surface area (TPSA) is 81.1 Å². The molecule has 0 aliphatic carbocycles. The largest absolute Gasteiger partial charge is 0.394 e. The third-order valence-corrected chi connectivity index (χ3v) is 5.95. The van der Waals surface area contributed by atoms with E-state index in [0.717, 1.165) is 37.6 Å². The van der Waals surface area contributed by atoms with Crippen LogP contribution < -0.4 is 10.2 Å². The molecule has 3 heterocycles. The number of pyridine rings is 1. The van der Waals surface area contributed by atoms with E-state index in [-0.39, 0.29) is 24.6 Å². The Morgan fingerprint density at radius 3 is 2.50 bits per heavy atom. The van der Waals surface area contributed by atoms with Gasteiger partial charge in [0.05, 0.1) is 24.4 Å². The number of nitrogens with one attached hydrogen (secondary N) is 1. The predicted octanol–water partition coefficient (Wildman–Crippen LogP) is 0.622. The van der Waals surface area contributed by atoms with Gasteiger partial charge in [-0.05, 0) is 36.4 Å². The van der Waals surface area contributed by atoms with Crippen molar-refractivity contribution in [1.29, 1.82) is 0 Å². The number of hydrogen-bond donors (Lipinski definition) is 3. The molecule has 0 bridgehead atoms. The van der Waals surface area contributed by atoms with Crippen LogP contribution in [0.3, 0.4) is 0 Å². The van der Waals surface area contributed by atoms with Crippen LogP contribution >= 0.6 is 0 Å². The van der Waals surface area contributed by atoms with E-state index in [9.17, 15) is 14.6 Å². The number of rotatable bonds is 7. The zero-order chi connectivity index (χ0) is 20.9. The second-order valence-electron chi connectivity index (χ2n) is 7.83. The summed E-state index contributed by atoms with van der Waals surface area (Å²) in [5.74, 6) is -0.236. The number of anilines is 1. The van der Waals surface area contributed by atoms with Crippen molar-refractivity contribution in [3.8, 4) is 0 Å². The van der Waals surface area contributed by atoms with Crippen molar-refractivity contribution < 1.29 is 19.3 Å². The molecule has 0 spiro atoms. The number of ether oxygens (including phenoxy) is 1. The molecule has 2 aliphatic heterocycles. The molecule has 1 aromatic carbocycles. The van der Waals surface area contributed by atoms with Gasteiger partial charge in [0.2, 0.25) is 0 Å². The van der Waals surface area contributed by atoms with Crippen LogP contribution in [0.2, 0.25) is 0 Å². The Morgan fingerprint density at radius 1 is 1.07 bits per heavy atom. The fourth-order valence-corrected chi connectivity index (χ4v) is 4.37. The molecular formula is C22H29FN4O3. The van der Waals surface area contributed by atoms with Crippen LogP contribution in [-0.4, -0.2) is 83.8 Å². The quantitative estimate of drug-likeness (QED) is 0.611. The molecule has 3 N–H and O–H groups in total. The second-order valence-corrected chi connectivity index (χ2v) is 7.83. The molecule has 2 saturated heterocycles. The van der Waals surface area contributed by atoms with Gasteiger partial charge in [0, 0.05) is 51.2 Å². The summed E-state index contributed by atoms with van der Waals surface area (Å²) >= 11 is 0. The lowest BCUT2D eigenvalue weighted by Gasteiger charge is -2.41. The molecule has 1 aromatic heterocycles. The maximum Gasteiger partial charge on any atom is 0.123 e. The fraction of sp³-hybridized carbons (Fsp3) is 0.500. The summed E-state index contributed by atoms with van der Waals surface area (Å²) in [4.78, 5) is 8.77. The normalized spacial score (nSPS) is 27.5. The predicted molar refractivity (Wildman–Crippen MR) is 112 cm³/mol. The van der Waals surface area contributed by atoms with Gasteiger partial charge in [-0.2, -0.15) is 0 Å². The van der Waals surface area contributed by atoms with Crippen LogP contribution in [0.5, 0.6) is 0 Å². The van der Waals surface area contributed by atoms with E-state index in [1.807, 2.05) is 18.2 Å². The molecule has 2 aliphatic rings. The van der Waals surface area contributed by atoms with E-state index in [1.54, 1.807) is 18.3 Å². The van der Waals surface area contributed by atoms with Gasteiger partial charge in [-0.1, -0.05) is 6.07 Å². The van der Waals surface area contributed by atoms with Crippen LogP contribution in [0, 0.1) is 5.82 Å². The van der Waals surface area contributed by atoms with Crippen LogP contribution in [-0.2, 0) is 11.3 Å². The van der Waals surface area contributed by atoms with Gasteiger partial charge < -0.3 is 25.2 Å². The zero-order valence-electron chi connectivity index (χ0n) is 16.9. The highest BCUT2D eigenvalue weighted by Crippen LogP contribution is 2.27. The fourth-order valence-electron chi connectivity index (χ4n) is 4.37. The minimum Gasteiger partial charge on any atom is -0.394 e.